The number of anilines is 1. The summed E-state index contributed by atoms with van der Waals surface area (Å²) in [6.07, 6.45) is 1.01. The van der Waals surface area contributed by atoms with Crippen molar-refractivity contribution in [3.05, 3.63) is 29.6 Å². The van der Waals surface area contributed by atoms with Gasteiger partial charge in [0.1, 0.15) is 5.82 Å². The van der Waals surface area contributed by atoms with Gasteiger partial charge >= 0.3 is 0 Å². The number of halogens is 1. The Morgan fingerprint density at radius 2 is 1.95 bits per heavy atom. The van der Waals surface area contributed by atoms with Crippen LogP contribution in [0.2, 0.25) is 0 Å². The number of rotatable bonds is 6. The maximum atomic E-state index is 14.2. The second-order valence-electron chi connectivity index (χ2n) is 5.68. The van der Waals surface area contributed by atoms with Gasteiger partial charge in [0.15, 0.2) is 0 Å². The average Bonchev–Trinajstić information content (AvgIpc) is 2.37. The third kappa shape index (κ3) is 3.47. The quantitative estimate of drug-likeness (QED) is 0.833. The third-order valence-electron chi connectivity index (χ3n) is 4.11. The van der Waals surface area contributed by atoms with E-state index in [1.54, 1.807) is 12.1 Å². The van der Waals surface area contributed by atoms with Crippen LogP contribution >= 0.6 is 0 Å². The van der Waals surface area contributed by atoms with Crippen LogP contribution in [0.4, 0.5) is 10.1 Å². The molecule has 0 fully saturated rings. The Morgan fingerprint density at radius 3 is 2.47 bits per heavy atom. The minimum Gasteiger partial charge on any atom is -0.369 e. The molecule has 0 radical (unpaired) electrons. The lowest BCUT2D eigenvalue weighted by Gasteiger charge is -2.38. The van der Waals surface area contributed by atoms with Gasteiger partial charge in [0.25, 0.3) is 0 Å². The minimum absolute atomic E-state index is 0.00841. The largest absolute Gasteiger partial charge is 0.369 e. The van der Waals surface area contributed by atoms with Crippen molar-refractivity contribution >= 4 is 5.69 Å². The first-order valence-corrected chi connectivity index (χ1v) is 7.10. The number of hydrogen-bond acceptors (Lipinski definition) is 2. The summed E-state index contributed by atoms with van der Waals surface area (Å²) in [4.78, 5) is 2.18. The Bertz CT molecular complexity index is 415. The van der Waals surface area contributed by atoms with Crippen molar-refractivity contribution in [3.63, 3.8) is 0 Å². The van der Waals surface area contributed by atoms with E-state index in [-0.39, 0.29) is 17.4 Å². The SMILES string of the molecule is CCNC(C)c1c(F)cccc1N(C)C(C)(C)CC. The van der Waals surface area contributed by atoms with Crippen LogP contribution in [-0.2, 0) is 0 Å². The predicted octanol–water partition coefficient (Wildman–Crippen LogP) is 4.12. The van der Waals surface area contributed by atoms with Gasteiger partial charge < -0.3 is 10.2 Å². The van der Waals surface area contributed by atoms with E-state index in [1.165, 1.54) is 0 Å². The molecule has 0 aliphatic heterocycles. The molecule has 1 rings (SSSR count). The summed E-state index contributed by atoms with van der Waals surface area (Å²) in [6, 6.07) is 5.34. The molecule has 0 aliphatic carbocycles. The molecule has 0 bridgehead atoms. The van der Waals surface area contributed by atoms with Crippen molar-refractivity contribution in [2.75, 3.05) is 18.5 Å². The van der Waals surface area contributed by atoms with Crippen LogP contribution < -0.4 is 10.2 Å². The molecule has 0 amide bonds. The highest BCUT2D eigenvalue weighted by atomic mass is 19.1. The molecule has 3 heteroatoms. The highest BCUT2D eigenvalue weighted by Crippen LogP contribution is 2.33. The number of nitrogens with zero attached hydrogens (tertiary/aromatic N) is 1. The van der Waals surface area contributed by atoms with E-state index >= 15 is 0 Å². The monoisotopic (exact) mass is 266 g/mol. The van der Waals surface area contributed by atoms with E-state index < -0.39 is 0 Å². The first-order valence-electron chi connectivity index (χ1n) is 7.10. The van der Waals surface area contributed by atoms with E-state index in [9.17, 15) is 4.39 Å². The summed E-state index contributed by atoms with van der Waals surface area (Å²) in [5, 5.41) is 3.30. The summed E-state index contributed by atoms with van der Waals surface area (Å²) in [5.41, 5.74) is 1.74. The average molecular weight is 266 g/mol. The van der Waals surface area contributed by atoms with E-state index in [4.69, 9.17) is 0 Å². The van der Waals surface area contributed by atoms with Gasteiger partial charge in [0.2, 0.25) is 0 Å². The molecule has 0 aliphatic rings. The third-order valence-corrected chi connectivity index (χ3v) is 4.11. The fourth-order valence-corrected chi connectivity index (χ4v) is 2.22. The van der Waals surface area contributed by atoms with Gasteiger partial charge in [-0.05, 0) is 45.9 Å². The summed E-state index contributed by atoms with van der Waals surface area (Å²) in [7, 11) is 2.04. The van der Waals surface area contributed by atoms with Gasteiger partial charge in [0.05, 0.1) is 0 Å². The van der Waals surface area contributed by atoms with Gasteiger partial charge in [-0.1, -0.05) is 19.9 Å². The van der Waals surface area contributed by atoms with Gasteiger partial charge in [-0.25, -0.2) is 4.39 Å². The number of hydrogen-bond donors (Lipinski definition) is 1. The topological polar surface area (TPSA) is 15.3 Å². The van der Waals surface area contributed by atoms with E-state index in [0.29, 0.717) is 0 Å². The zero-order valence-electron chi connectivity index (χ0n) is 13.0. The van der Waals surface area contributed by atoms with Crippen LogP contribution in [0.15, 0.2) is 18.2 Å². The molecule has 0 aromatic heterocycles. The van der Waals surface area contributed by atoms with Gasteiger partial charge in [-0.2, -0.15) is 0 Å². The van der Waals surface area contributed by atoms with Crippen molar-refractivity contribution in [1.29, 1.82) is 0 Å². The van der Waals surface area contributed by atoms with E-state index in [1.807, 2.05) is 27.0 Å². The summed E-state index contributed by atoms with van der Waals surface area (Å²) >= 11 is 0. The number of nitrogens with one attached hydrogen (secondary N) is 1. The molecule has 1 aromatic carbocycles. The second-order valence-corrected chi connectivity index (χ2v) is 5.68. The zero-order valence-corrected chi connectivity index (χ0v) is 13.0. The van der Waals surface area contributed by atoms with Gasteiger partial charge in [-0.15, -0.1) is 0 Å². The maximum absolute atomic E-state index is 14.2. The molecule has 1 aromatic rings. The molecule has 0 saturated carbocycles. The van der Waals surface area contributed by atoms with Crippen molar-refractivity contribution < 1.29 is 4.39 Å². The maximum Gasteiger partial charge on any atom is 0.130 e. The van der Waals surface area contributed by atoms with Crippen LogP contribution in [0.5, 0.6) is 0 Å². The first-order chi connectivity index (χ1) is 8.85. The normalized spacial score (nSPS) is 13.4. The van der Waals surface area contributed by atoms with Crippen LogP contribution in [-0.4, -0.2) is 19.1 Å². The Balaban J connectivity index is 3.24. The Kier molecular flexibility index (Phi) is 5.36. The molecule has 0 spiro atoms. The standard InChI is InChI=1S/C16H27FN2/c1-7-16(4,5)19(6)14-11-9-10-13(17)15(14)12(3)18-8-2/h9-12,18H,7-8H2,1-6H3. The molecule has 1 N–H and O–H groups in total. The highest BCUT2D eigenvalue weighted by molar-refractivity contribution is 5.56. The lowest BCUT2D eigenvalue weighted by atomic mass is 9.96. The van der Waals surface area contributed by atoms with Crippen LogP contribution in [0, 0.1) is 5.82 Å². The summed E-state index contributed by atoms with van der Waals surface area (Å²) in [5.74, 6) is -0.135. The van der Waals surface area contributed by atoms with Crippen LogP contribution in [0.25, 0.3) is 0 Å². The Labute approximate surface area is 117 Å². The van der Waals surface area contributed by atoms with Crippen molar-refractivity contribution in [3.8, 4) is 0 Å². The Morgan fingerprint density at radius 1 is 1.32 bits per heavy atom. The van der Waals surface area contributed by atoms with Crippen LogP contribution in [0.3, 0.4) is 0 Å². The molecular weight excluding hydrogens is 239 g/mol. The fourth-order valence-electron chi connectivity index (χ4n) is 2.22. The van der Waals surface area contributed by atoms with Gasteiger partial charge in [0, 0.05) is 29.9 Å². The summed E-state index contributed by atoms with van der Waals surface area (Å²) < 4.78 is 14.2. The summed E-state index contributed by atoms with van der Waals surface area (Å²) in [6.45, 7) is 11.4. The molecular formula is C16H27FN2. The van der Waals surface area contributed by atoms with Crippen LogP contribution in [0.1, 0.15) is 52.6 Å². The molecule has 0 saturated heterocycles. The van der Waals surface area contributed by atoms with Crippen molar-refractivity contribution in [2.24, 2.45) is 0 Å². The smallest absolute Gasteiger partial charge is 0.130 e. The fraction of sp³-hybridized carbons (Fsp3) is 0.625. The molecule has 108 valence electrons. The number of benzene rings is 1. The molecule has 1 atom stereocenters. The molecule has 2 nitrogen and oxygen atoms in total. The van der Waals surface area contributed by atoms with Crippen molar-refractivity contribution in [1.82, 2.24) is 5.32 Å². The first kappa shape index (κ1) is 16.0. The molecule has 1 unspecified atom stereocenters. The Hall–Kier alpha value is -1.09. The predicted molar refractivity (Wildman–Crippen MR) is 81.3 cm³/mol. The van der Waals surface area contributed by atoms with E-state index in [2.05, 4.69) is 31.0 Å². The van der Waals surface area contributed by atoms with Crippen molar-refractivity contribution in [2.45, 2.75) is 52.6 Å². The molecule has 19 heavy (non-hydrogen) atoms. The zero-order chi connectivity index (χ0) is 14.6. The minimum atomic E-state index is -0.135. The highest BCUT2D eigenvalue weighted by Gasteiger charge is 2.26. The lowest BCUT2D eigenvalue weighted by Crippen LogP contribution is -2.41. The van der Waals surface area contributed by atoms with Gasteiger partial charge in [-0.3, -0.25) is 0 Å². The van der Waals surface area contributed by atoms with E-state index in [0.717, 1.165) is 24.2 Å². The molecule has 0 heterocycles. The second kappa shape index (κ2) is 6.38. The lowest BCUT2D eigenvalue weighted by molar-refractivity contribution is 0.463.